The lowest BCUT2D eigenvalue weighted by Crippen LogP contribution is -1.98. The number of ether oxygens (including phenoxy) is 1. The average Bonchev–Trinajstić information content (AvgIpc) is 2.74. The van der Waals surface area contributed by atoms with Crippen molar-refractivity contribution in [2.24, 2.45) is 0 Å². The van der Waals surface area contributed by atoms with Crippen molar-refractivity contribution in [1.82, 2.24) is 4.98 Å². The quantitative estimate of drug-likeness (QED) is 0.920. The van der Waals surface area contributed by atoms with Gasteiger partial charge in [-0.05, 0) is 37.7 Å². The van der Waals surface area contributed by atoms with Crippen molar-refractivity contribution >= 4 is 11.8 Å². The summed E-state index contributed by atoms with van der Waals surface area (Å²) in [5.41, 5.74) is 1.58. The molecule has 1 aromatic carbocycles. The van der Waals surface area contributed by atoms with Crippen molar-refractivity contribution in [3.8, 4) is 5.75 Å². The van der Waals surface area contributed by atoms with Crippen LogP contribution in [0.3, 0.4) is 0 Å². The summed E-state index contributed by atoms with van der Waals surface area (Å²) in [5.74, 6) is 0.665. The fourth-order valence-corrected chi connectivity index (χ4v) is 2.68. The third kappa shape index (κ3) is 2.68. The van der Waals surface area contributed by atoms with E-state index < -0.39 is 6.10 Å². The lowest BCUT2D eigenvalue weighted by Gasteiger charge is -2.14. The molecule has 96 valence electrons. The molecule has 0 aliphatic heterocycles. The molecular weight excluding hydrogens is 250 g/mol. The SMILES string of the molecule is COc1cccc(Sc2nc(C)co2)c1[C@@H](C)O. The molecule has 1 heterocycles. The summed E-state index contributed by atoms with van der Waals surface area (Å²) in [6.45, 7) is 3.58. The van der Waals surface area contributed by atoms with Gasteiger partial charge in [0, 0.05) is 10.5 Å². The summed E-state index contributed by atoms with van der Waals surface area (Å²) in [6.07, 6.45) is 0.990. The number of aliphatic hydroxyl groups is 1. The molecule has 0 bridgehead atoms. The van der Waals surface area contributed by atoms with E-state index in [0.29, 0.717) is 11.0 Å². The van der Waals surface area contributed by atoms with Gasteiger partial charge in [-0.2, -0.15) is 0 Å². The van der Waals surface area contributed by atoms with Gasteiger partial charge in [0.05, 0.1) is 18.9 Å². The summed E-state index contributed by atoms with van der Waals surface area (Å²) >= 11 is 1.38. The standard InChI is InChI=1S/C13H15NO3S/c1-8-7-17-13(14-8)18-11-6-4-5-10(16-3)12(11)9(2)15/h4-7,9,15H,1-3H3/t9-/m1/s1. The molecule has 1 atom stereocenters. The zero-order valence-electron chi connectivity index (χ0n) is 10.5. The highest BCUT2D eigenvalue weighted by atomic mass is 32.2. The van der Waals surface area contributed by atoms with Crippen LogP contribution in [0.25, 0.3) is 0 Å². The smallest absolute Gasteiger partial charge is 0.260 e. The van der Waals surface area contributed by atoms with Crippen molar-refractivity contribution in [1.29, 1.82) is 0 Å². The first-order valence-electron chi connectivity index (χ1n) is 5.56. The highest BCUT2D eigenvalue weighted by Gasteiger charge is 2.16. The monoisotopic (exact) mass is 265 g/mol. The summed E-state index contributed by atoms with van der Waals surface area (Å²) in [6, 6.07) is 5.62. The molecule has 0 aliphatic rings. The summed E-state index contributed by atoms with van der Waals surface area (Å²) in [7, 11) is 1.59. The van der Waals surface area contributed by atoms with Gasteiger partial charge in [-0.15, -0.1) is 0 Å². The van der Waals surface area contributed by atoms with E-state index in [9.17, 15) is 5.11 Å². The van der Waals surface area contributed by atoms with E-state index in [0.717, 1.165) is 16.2 Å². The molecule has 1 N–H and O–H groups in total. The lowest BCUT2D eigenvalue weighted by atomic mass is 10.1. The Morgan fingerprint density at radius 1 is 1.44 bits per heavy atom. The van der Waals surface area contributed by atoms with E-state index in [-0.39, 0.29) is 0 Å². The number of aromatic nitrogens is 1. The van der Waals surface area contributed by atoms with Gasteiger partial charge in [0.15, 0.2) is 0 Å². The maximum atomic E-state index is 9.86. The first kappa shape index (κ1) is 13.0. The molecule has 18 heavy (non-hydrogen) atoms. The van der Waals surface area contributed by atoms with Crippen LogP contribution in [0.5, 0.6) is 5.75 Å². The molecule has 1 aromatic heterocycles. The Hall–Kier alpha value is -1.46. The predicted molar refractivity (Wildman–Crippen MR) is 69.0 cm³/mol. The van der Waals surface area contributed by atoms with Gasteiger partial charge >= 0.3 is 0 Å². The molecule has 0 fully saturated rings. The molecule has 2 aromatic rings. The van der Waals surface area contributed by atoms with Gasteiger partial charge in [-0.1, -0.05) is 6.07 Å². The molecule has 4 nitrogen and oxygen atoms in total. The Morgan fingerprint density at radius 3 is 2.78 bits per heavy atom. The zero-order valence-corrected chi connectivity index (χ0v) is 11.3. The van der Waals surface area contributed by atoms with Gasteiger partial charge in [0.25, 0.3) is 5.22 Å². The molecular formula is C13H15NO3S. The van der Waals surface area contributed by atoms with E-state index in [4.69, 9.17) is 9.15 Å². The van der Waals surface area contributed by atoms with Crippen LogP contribution in [0.1, 0.15) is 24.3 Å². The van der Waals surface area contributed by atoms with Crippen molar-refractivity contribution in [3.05, 3.63) is 35.7 Å². The number of hydrogen-bond acceptors (Lipinski definition) is 5. The number of benzene rings is 1. The molecule has 5 heteroatoms. The summed E-state index contributed by atoms with van der Waals surface area (Å²) in [5, 5.41) is 10.4. The molecule has 0 radical (unpaired) electrons. The molecule has 0 amide bonds. The third-order valence-corrected chi connectivity index (χ3v) is 3.40. The maximum absolute atomic E-state index is 9.86. The molecule has 0 unspecified atom stereocenters. The highest BCUT2D eigenvalue weighted by molar-refractivity contribution is 7.99. The number of methoxy groups -OCH3 is 1. The molecule has 0 saturated heterocycles. The average molecular weight is 265 g/mol. The number of aryl methyl sites for hydroxylation is 1. The van der Waals surface area contributed by atoms with E-state index in [2.05, 4.69) is 4.98 Å². The van der Waals surface area contributed by atoms with Crippen molar-refractivity contribution in [3.63, 3.8) is 0 Å². The number of aliphatic hydroxyl groups excluding tert-OH is 1. The van der Waals surface area contributed by atoms with Crippen LogP contribution in [0.2, 0.25) is 0 Å². The second kappa shape index (κ2) is 5.46. The van der Waals surface area contributed by atoms with E-state index >= 15 is 0 Å². The number of oxazole rings is 1. The normalized spacial score (nSPS) is 12.4. The van der Waals surface area contributed by atoms with Crippen LogP contribution in [0.15, 0.2) is 39.0 Å². The van der Waals surface area contributed by atoms with Crippen molar-refractivity contribution in [2.45, 2.75) is 30.1 Å². The minimum absolute atomic E-state index is 0.558. The van der Waals surface area contributed by atoms with E-state index in [1.54, 1.807) is 20.3 Å². The highest BCUT2D eigenvalue weighted by Crippen LogP contribution is 2.37. The summed E-state index contributed by atoms with van der Waals surface area (Å²) < 4.78 is 10.6. The lowest BCUT2D eigenvalue weighted by molar-refractivity contribution is 0.191. The largest absolute Gasteiger partial charge is 0.496 e. The van der Waals surface area contributed by atoms with E-state index in [1.807, 2.05) is 25.1 Å². The van der Waals surface area contributed by atoms with Crippen LogP contribution in [0.4, 0.5) is 0 Å². The predicted octanol–water partition coefficient (Wildman–Crippen LogP) is 3.20. The van der Waals surface area contributed by atoms with E-state index in [1.165, 1.54) is 11.8 Å². The Morgan fingerprint density at radius 2 is 2.22 bits per heavy atom. The molecule has 0 aliphatic carbocycles. The van der Waals surface area contributed by atoms with Gasteiger partial charge in [-0.25, -0.2) is 4.98 Å². The zero-order chi connectivity index (χ0) is 13.1. The Bertz CT molecular complexity index is 537. The number of nitrogens with zero attached hydrogens (tertiary/aromatic N) is 1. The van der Waals surface area contributed by atoms with Crippen LogP contribution >= 0.6 is 11.8 Å². The number of rotatable bonds is 4. The minimum Gasteiger partial charge on any atom is -0.496 e. The fourth-order valence-electron chi connectivity index (χ4n) is 1.68. The second-order valence-corrected chi connectivity index (χ2v) is 4.90. The second-order valence-electron chi connectivity index (χ2n) is 3.90. The topological polar surface area (TPSA) is 55.5 Å². The minimum atomic E-state index is -0.611. The summed E-state index contributed by atoms with van der Waals surface area (Å²) in [4.78, 5) is 5.12. The fraction of sp³-hybridized carbons (Fsp3) is 0.308. The van der Waals surface area contributed by atoms with Crippen molar-refractivity contribution in [2.75, 3.05) is 7.11 Å². The number of hydrogen-bond donors (Lipinski definition) is 1. The third-order valence-electron chi connectivity index (χ3n) is 2.46. The molecule has 2 rings (SSSR count). The van der Waals surface area contributed by atoms with Crippen molar-refractivity contribution < 1.29 is 14.3 Å². The van der Waals surface area contributed by atoms with Gasteiger partial charge in [0.1, 0.15) is 12.0 Å². The van der Waals surface area contributed by atoms with Crippen LogP contribution in [-0.4, -0.2) is 17.2 Å². The van der Waals surface area contributed by atoms with Gasteiger partial charge in [-0.3, -0.25) is 0 Å². The van der Waals surface area contributed by atoms with Gasteiger partial charge < -0.3 is 14.3 Å². The van der Waals surface area contributed by atoms with Crippen LogP contribution in [-0.2, 0) is 0 Å². The Labute approximate surface area is 110 Å². The first-order valence-corrected chi connectivity index (χ1v) is 6.38. The maximum Gasteiger partial charge on any atom is 0.260 e. The van der Waals surface area contributed by atoms with Crippen LogP contribution < -0.4 is 4.74 Å². The van der Waals surface area contributed by atoms with Gasteiger partial charge in [0.2, 0.25) is 0 Å². The Kier molecular flexibility index (Phi) is 3.93. The molecule has 0 spiro atoms. The molecule has 0 saturated carbocycles. The van der Waals surface area contributed by atoms with Crippen LogP contribution in [0, 0.1) is 6.92 Å². The Balaban J connectivity index is 2.37. The first-order chi connectivity index (χ1) is 8.61.